The molecule has 0 aliphatic heterocycles. The number of halogens is 1. The number of hydrogen-bond acceptors (Lipinski definition) is 4. The minimum absolute atomic E-state index is 0.0797. The first-order valence-electron chi connectivity index (χ1n) is 13.0. The molecule has 0 aliphatic rings. The molecule has 3 aromatic carbocycles. The number of carbonyl (C=O) groups excluding carboxylic acids is 2. The molecule has 0 fully saturated rings. The SMILES string of the molecule is COc1ccc(OCCCC(=O)N(Cc2cccc(Br)c2)[C@H](Cc2ccccc2)C(=O)NCC(C)C)cc1. The molecule has 0 heterocycles. The standard InChI is InChI=1S/C31H37BrN2O4/c1-23(2)21-33-31(36)29(20-24-9-5-4-6-10-24)34(22-25-11-7-12-26(32)19-25)30(35)13-8-18-38-28-16-14-27(37-3)15-17-28/h4-7,9-12,14-17,19,23,29H,8,13,18,20-22H2,1-3H3,(H,33,36)/t29-/m1/s1. The lowest BCUT2D eigenvalue weighted by Crippen LogP contribution is -2.51. The molecule has 0 saturated carbocycles. The van der Waals surface area contributed by atoms with E-state index in [1.165, 1.54) is 0 Å². The summed E-state index contributed by atoms with van der Waals surface area (Å²) in [5.74, 6) is 1.57. The van der Waals surface area contributed by atoms with Crippen molar-refractivity contribution < 1.29 is 19.1 Å². The van der Waals surface area contributed by atoms with Gasteiger partial charge in [0, 0.05) is 30.4 Å². The number of amides is 2. The number of methoxy groups -OCH3 is 1. The van der Waals surface area contributed by atoms with Gasteiger partial charge in [-0.3, -0.25) is 9.59 Å². The van der Waals surface area contributed by atoms with Crippen LogP contribution in [-0.4, -0.2) is 43.0 Å². The van der Waals surface area contributed by atoms with Gasteiger partial charge in [-0.1, -0.05) is 72.2 Å². The number of nitrogens with zero attached hydrogens (tertiary/aromatic N) is 1. The molecule has 38 heavy (non-hydrogen) atoms. The van der Waals surface area contributed by atoms with Crippen LogP contribution in [0, 0.1) is 5.92 Å². The molecule has 3 rings (SSSR count). The molecule has 0 saturated heterocycles. The molecule has 0 bridgehead atoms. The summed E-state index contributed by atoms with van der Waals surface area (Å²) in [7, 11) is 1.62. The number of ether oxygens (including phenoxy) is 2. The monoisotopic (exact) mass is 580 g/mol. The molecule has 0 unspecified atom stereocenters. The Kier molecular flexibility index (Phi) is 11.7. The average molecular weight is 582 g/mol. The Balaban J connectivity index is 1.76. The zero-order valence-corrected chi connectivity index (χ0v) is 23.9. The van der Waals surface area contributed by atoms with E-state index in [9.17, 15) is 9.59 Å². The number of rotatable bonds is 14. The summed E-state index contributed by atoms with van der Waals surface area (Å²) < 4.78 is 11.9. The first kappa shape index (κ1) is 29.2. The van der Waals surface area contributed by atoms with Crippen LogP contribution >= 0.6 is 15.9 Å². The second kappa shape index (κ2) is 15.2. The largest absolute Gasteiger partial charge is 0.497 e. The van der Waals surface area contributed by atoms with E-state index in [1.807, 2.05) is 78.9 Å². The first-order chi connectivity index (χ1) is 18.4. The van der Waals surface area contributed by atoms with Crippen molar-refractivity contribution in [3.63, 3.8) is 0 Å². The van der Waals surface area contributed by atoms with Gasteiger partial charge in [-0.2, -0.15) is 0 Å². The summed E-state index contributed by atoms with van der Waals surface area (Å²) in [5.41, 5.74) is 1.96. The minimum Gasteiger partial charge on any atom is -0.497 e. The van der Waals surface area contributed by atoms with Crippen molar-refractivity contribution in [3.05, 3.63) is 94.5 Å². The van der Waals surface area contributed by atoms with Gasteiger partial charge in [0.2, 0.25) is 11.8 Å². The van der Waals surface area contributed by atoms with E-state index in [0.717, 1.165) is 27.1 Å². The van der Waals surface area contributed by atoms with Crippen molar-refractivity contribution in [1.82, 2.24) is 10.2 Å². The second-order valence-electron chi connectivity index (χ2n) is 9.62. The van der Waals surface area contributed by atoms with Crippen molar-refractivity contribution in [2.75, 3.05) is 20.3 Å². The lowest BCUT2D eigenvalue weighted by atomic mass is 10.0. The Labute approximate surface area is 234 Å². The van der Waals surface area contributed by atoms with E-state index in [4.69, 9.17) is 9.47 Å². The molecule has 6 nitrogen and oxygen atoms in total. The van der Waals surface area contributed by atoms with Crippen LogP contribution in [0.15, 0.2) is 83.3 Å². The zero-order valence-electron chi connectivity index (χ0n) is 22.4. The molecule has 7 heteroatoms. The lowest BCUT2D eigenvalue weighted by molar-refractivity contribution is -0.141. The summed E-state index contributed by atoms with van der Waals surface area (Å²) in [6.45, 7) is 5.40. The molecule has 202 valence electrons. The number of hydrogen-bond donors (Lipinski definition) is 1. The van der Waals surface area contributed by atoms with Crippen LogP contribution in [0.25, 0.3) is 0 Å². The summed E-state index contributed by atoms with van der Waals surface area (Å²) in [5, 5.41) is 3.06. The third-order valence-electron chi connectivity index (χ3n) is 6.06. The van der Waals surface area contributed by atoms with Crippen molar-refractivity contribution in [2.45, 2.75) is 45.7 Å². The van der Waals surface area contributed by atoms with Crippen LogP contribution in [0.5, 0.6) is 11.5 Å². The van der Waals surface area contributed by atoms with E-state index < -0.39 is 6.04 Å². The fraction of sp³-hybridized carbons (Fsp3) is 0.355. The number of nitrogens with one attached hydrogen (secondary N) is 1. The van der Waals surface area contributed by atoms with Crippen molar-refractivity contribution in [2.24, 2.45) is 5.92 Å². The summed E-state index contributed by atoms with van der Waals surface area (Å²) >= 11 is 3.53. The van der Waals surface area contributed by atoms with Crippen molar-refractivity contribution >= 4 is 27.7 Å². The van der Waals surface area contributed by atoms with Gasteiger partial charge in [0.15, 0.2) is 0 Å². The minimum atomic E-state index is -0.634. The zero-order chi connectivity index (χ0) is 27.3. The van der Waals surface area contributed by atoms with Gasteiger partial charge < -0.3 is 19.7 Å². The summed E-state index contributed by atoms with van der Waals surface area (Å²) in [6, 6.07) is 24.4. The molecule has 0 aliphatic carbocycles. The highest BCUT2D eigenvalue weighted by atomic mass is 79.9. The predicted molar refractivity (Wildman–Crippen MR) is 154 cm³/mol. The number of benzene rings is 3. The topological polar surface area (TPSA) is 67.9 Å². The molecular formula is C31H37BrN2O4. The molecule has 1 atom stereocenters. The van der Waals surface area contributed by atoms with E-state index in [-0.39, 0.29) is 18.2 Å². The molecule has 1 N–H and O–H groups in total. The van der Waals surface area contributed by atoms with Crippen LogP contribution in [0.1, 0.15) is 37.8 Å². The molecule has 0 spiro atoms. The number of carbonyl (C=O) groups is 2. The lowest BCUT2D eigenvalue weighted by Gasteiger charge is -2.32. The van der Waals surface area contributed by atoms with Gasteiger partial charge in [0.1, 0.15) is 17.5 Å². The normalized spacial score (nSPS) is 11.6. The van der Waals surface area contributed by atoms with Crippen LogP contribution in [0.2, 0.25) is 0 Å². The van der Waals surface area contributed by atoms with E-state index in [0.29, 0.717) is 38.5 Å². The highest BCUT2D eigenvalue weighted by Gasteiger charge is 2.30. The molecule has 0 aromatic heterocycles. The average Bonchev–Trinajstić information content (AvgIpc) is 2.92. The van der Waals surface area contributed by atoms with Crippen LogP contribution < -0.4 is 14.8 Å². The highest BCUT2D eigenvalue weighted by Crippen LogP contribution is 2.20. The maximum Gasteiger partial charge on any atom is 0.243 e. The Morgan fingerprint density at radius 1 is 0.921 bits per heavy atom. The van der Waals surface area contributed by atoms with Gasteiger partial charge in [-0.15, -0.1) is 0 Å². The van der Waals surface area contributed by atoms with Crippen molar-refractivity contribution in [3.8, 4) is 11.5 Å². The van der Waals surface area contributed by atoms with Crippen LogP contribution in [0.3, 0.4) is 0 Å². The Morgan fingerprint density at radius 3 is 2.26 bits per heavy atom. The fourth-order valence-corrected chi connectivity index (χ4v) is 4.48. The maximum atomic E-state index is 13.7. The van der Waals surface area contributed by atoms with E-state index in [1.54, 1.807) is 12.0 Å². The third-order valence-corrected chi connectivity index (χ3v) is 6.55. The van der Waals surface area contributed by atoms with Gasteiger partial charge in [-0.25, -0.2) is 0 Å². The molecular weight excluding hydrogens is 544 g/mol. The second-order valence-corrected chi connectivity index (χ2v) is 10.5. The Morgan fingerprint density at radius 2 is 1.61 bits per heavy atom. The molecule has 3 aromatic rings. The fourth-order valence-electron chi connectivity index (χ4n) is 4.04. The molecule has 0 radical (unpaired) electrons. The van der Waals surface area contributed by atoms with E-state index >= 15 is 0 Å². The van der Waals surface area contributed by atoms with Crippen LogP contribution in [-0.2, 0) is 22.6 Å². The van der Waals surface area contributed by atoms with E-state index in [2.05, 4.69) is 35.1 Å². The quantitative estimate of drug-likeness (QED) is 0.236. The predicted octanol–water partition coefficient (Wildman–Crippen LogP) is 6.03. The van der Waals surface area contributed by atoms with Gasteiger partial charge >= 0.3 is 0 Å². The smallest absolute Gasteiger partial charge is 0.243 e. The summed E-state index contributed by atoms with van der Waals surface area (Å²) in [4.78, 5) is 28.9. The molecule has 2 amide bonds. The Hall–Kier alpha value is -3.32. The van der Waals surface area contributed by atoms with Crippen LogP contribution in [0.4, 0.5) is 0 Å². The third kappa shape index (κ3) is 9.53. The van der Waals surface area contributed by atoms with Gasteiger partial charge in [-0.05, 0) is 59.9 Å². The van der Waals surface area contributed by atoms with Gasteiger partial charge in [0.05, 0.1) is 13.7 Å². The van der Waals surface area contributed by atoms with Gasteiger partial charge in [0.25, 0.3) is 0 Å². The highest BCUT2D eigenvalue weighted by molar-refractivity contribution is 9.10. The Bertz CT molecular complexity index is 1150. The summed E-state index contributed by atoms with van der Waals surface area (Å²) in [6.07, 6.45) is 1.24. The van der Waals surface area contributed by atoms with Crippen molar-refractivity contribution in [1.29, 1.82) is 0 Å². The first-order valence-corrected chi connectivity index (χ1v) is 13.8. The maximum absolute atomic E-state index is 13.7.